The molecule has 28 heavy (non-hydrogen) atoms. The summed E-state index contributed by atoms with van der Waals surface area (Å²) in [6.07, 6.45) is 10.7. The molecule has 2 aromatic carbocycles. The number of hydrogen-bond donors (Lipinski definition) is 0. The maximum atomic E-state index is 5.67. The first-order chi connectivity index (χ1) is 13.8. The van der Waals surface area contributed by atoms with Gasteiger partial charge in [-0.05, 0) is 73.6 Å². The highest BCUT2D eigenvalue weighted by Gasteiger charge is 2.20. The zero-order chi connectivity index (χ0) is 19.6. The largest absolute Gasteiger partial charge is 0.376 e. The van der Waals surface area contributed by atoms with Crippen LogP contribution in [0.15, 0.2) is 60.7 Å². The third kappa shape index (κ3) is 5.85. The first kappa shape index (κ1) is 20.4. The molecule has 0 spiro atoms. The molecule has 2 aromatic rings. The lowest BCUT2D eigenvalue weighted by Gasteiger charge is -2.27. The SMILES string of the molecule is CC#CCCOCc1ccc(-c2ccc([C@H]3CC[C@H](/C=C\C)CC3)cc2)cc1. The van der Waals surface area contributed by atoms with Crippen LogP contribution in [-0.2, 0) is 11.3 Å². The quantitative estimate of drug-likeness (QED) is 0.285. The summed E-state index contributed by atoms with van der Waals surface area (Å²) >= 11 is 0. The molecule has 1 saturated carbocycles. The Labute approximate surface area is 170 Å². The number of benzene rings is 2. The zero-order valence-electron chi connectivity index (χ0n) is 17.3. The predicted octanol–water partition coefficient (Wildman–Crippen LogP) is 7.13. The van der Waals surface area contributed by atoms with Gasteiger partial charge in [0, 0.05) is 6.42 Å². The van der Waals surface area contributed by atoms with Gasteiger partial charge in [-0.1, -0.05) is 60.7 Å². The highest BCUT2D eigenvalue weighted by molar-refractivity contribution is 5.64. The van der Waals surface area contributed by atoms with Crippen LogP contribution >= 0.6 is 0 Å². The highest BCUT2D eigenvalue weighted by atomic mass is 16.5. The van der Waals surface area contributed by atoms with Crippen molar-refractivity contribution in [1.29, 1.82) is 0 Å². The number of allylic oxidation sites excluding steroid dienone is 2. The van der Waals surface area contributed by atoms with Crippen molar-refractivity contribution in [1.82, 2.24) is 0 Å². The average Bonchev–Trinajstić information content (AvgIpc) is 2.75. The van der Waals surface area contributed by atoms with E-state index in [9.17, 15) is 0 Å². The minimum absolute atomic E-state index is 0.653. The molecule has 146 valence electrons. The molecule has 0 amide bonds. The number of ether oxygens (including phenoxy) is 1. The molecule has 1 aliphatic carbocycles. The number of rotatable bonds is 7. The van der Waals surface area contributed by atoms with Crippen molar-refractivity contribution in [2.75, 3.05) is 6.61 Å². The fourth-order valence-corrected chi connectivity index (χ4v) is 4.10. The van der Waals surface area contributed by atoms with Gasteiger partial charge in [-0.15, -0.1) is 11.8 Å². The molecular weight excluding hydrogens is 340 g/mol. The fraction of sp³-hybridized carbons (Fsp3) is 0.407. The summed E-state index contributed by atoms with van der Waals surface area (Å²) < 4.78 is 5.67. The zero-order valence-corrected chi connectivity index (χ0v) is 17.3. The van der Waals surface area contributed by atoms with Crippen LogP contribution in [0.25, 0.3) is 11.1 Å². The van der Waals surface area contributed by atoms with Gasteiger partial charge in [0.05, 0.1) is 13.2 Å². The average molecular weight is 373 g/mol. The van der Waals surface area contributed by atoms with E-state index in [-0.39, 0.29) is 0 Å². The van der Waals surface area contributed by atoms with Gasteiger partial charge in [0.1, 0.15) is 0 Å². The summed E-state index contributed by atoms with van der Waals surface area (Å²) in [5.74, 6) is 7.44. The summed E-state index contributed by atoms with van der Waals surface area (Å²) in [7, 11) is 0. The van der Waals surface area contributed by atoms with E-state index in [1.54, 1.807) is 0 Å². The Balaban J connectivity index is 1.54. The van der Waals surface area contributed by atoms with E-state index < -0.39 is 0 Å². The topological polar surface area (TPSA) is 9.23 Å². The third-order valence-electron chi connectivity index (χ3n) is 5.72. The van der Waals surface area contributed by atoms with Crippen LogP contribution in [0.4, 0.5) is 0 Å². The molecule has 1 heteroatoms. The van der Waals surface area contributed by atoms with E-state index >= 15 is 0 Å². The molecule has 0 radical (unpaired) electrons. The van der Waals surface area contributed by atoms with E-state index in [4.69, 9.17) is 4.74 Å². The fourth-order valence-electron chi connectivity index (χ4n) is 4.10. The third-order valence-corrected chi connectivity index (χ3v) is 5.72. The Bertz CT molecular complexity index is 794. The van der Waals surface area contributed by atoms with E-state index in [2.05, 4.69) is 79.4 Å². The van der Waals surface area contributed by atoms with Crippen molar-refractivity contribution in [2.45, 2.75) is 58.5 Å². The Morgan fingerprint density at radius 1 is 0.929 bits per heavy atom. The minimum atomic E-state index is 0.653. The molecule has 0 aromatic heterocycles. The standard InChI is InChI=1S/C27H32O/c1-3-5-6-20-28-21-23-10-14-25(15-11-23)27-18-16-26(17-19-27)24-12-8-22(7-4-2)9-13-24/h4,7,10-11,14-19,22,24H,6,8-9,12-13,20-21H2,1-2H3/b7-4-/t22-,24-. The van der Waals surface area contributed by atoms with E-state index in [0.717, 1.165) is 18.3 Å². The van der Waals surface area contributed by atoms with Gasteiger partial charge >= 0.3 is 0 Å². The molecule has 0 atom stereocenters. The molecule has 3 rings (SSSR count). The van der Waals surface area contributed by atoms with Gasteiger partial charge in [-0.25, -0.2) is 0 Å². The van der Waals surface area contributed by atoms with Crippen LogP contribution in [0.3, 0.4) is 0 Å². The second-order valence-corrected chi connectivity index (χ2v) is 7.69. The van der Waals surface area contributed by atoms with Crippen LogP contribution in [0.5, 0.6) is 0 Å². The van der Waals surface area contributed by atoms with Gasteiger partial charge in [0.25, 0.3) is 0 Å². The molecule has 0 unspecified atom stereocenters. The Hall–Kier alpha value is -2.30. The molecule has 0 bridgehead atoms. The van der Waals surface area contributed by atoms with Crippen LogP contribution in [0, 0.1) is 17.8 Å². The lowest BCUT2D eigenvalue weighted by atomic mass is 9.78. The normalized spacial score (nSPS) is 19.4. The van der Waals surface area contributed by atoms with Gasteiger partial charge < -0.3 is 4.74 Å². The van der Waals surface area contributed by atoms with Gasteiger partial charge in [-0.2, -0.15) is 0 Å². The van der Waals surface area contributed by atoms with Crippen LogP contribution in [-0.4, -0.2) is 6.61 Å². The van der Waals surface area contributed by atoms with E-state index in [0.29, 0.717) is 13.2 Å². The van der Waals surface area contributed by atoms with Gasteiger partial charge in [0.15, 0.2) is 0 Å². The lowest BCUT2D eigenvalue weighted by Crippen LogP contribution is -2.11. The molecule has 1 nitrogen and oxygen atoms in total. The van der Waals surface area contributed by atoms with Crippen molar-refractivity contribution in [2.24, 2.45) is 5.92 Å². The predicted molar refractivity (Wildman–Crippen MR) is 119 cm³/mol. The van der Waals surface area contributed by atoms with Crippen LogP contribution < -0.4 is 0 Å². The summed E-state index contributed by atoms with van der Waals surface area (Å²) in [4.78, 5) is 0. The molecule has 0 heterocycles. The summed E-state index contributed by atoms with van der Waals surface area (Å²) in [5.41, 5.74) is 5.27. The van der Waals surface area contributed by atoms with Crippen molar-refractivity contribution < 1.29 is 4.74 Å². The Kier molecular flexibility index (Phi) is 7.94. The van der Waals surface area contributed by atoms with Crippen molar-refractivity contribution in [3.8, 4) is 23.0 Å². The molecule has 0 aliphatic heterocycles. The summed E-state index contributed by atoms with van der Waals surface area (Å²) in [5, 5.41) is 0. The molecular formula is C27H32O. The minimum Gasteiger partial charge on any atom is -0.376 e. The van der Waals surface area contributed by atoms with E-state index in [1.807, 2.05) is 6.92 Å². The molecule has 0 N–H and O–H groups in total. The van der Waals surface area contributed by atoms with Crippen LogP contribution in [0.1, 0.15) is 63.0 Å². The maximum Gasteiger partial charge on any atom is 0.0717 e. The first-order valence-electron chi connectivity index (χ1n) is 10.6. The summed E-state index contributed by atoms with van der Waals surface area (Å²) in [6, 6.07) is 18.0. The maximum absolute atomic E-state index is 5.67. The highest BCUT2D eigenvalue weighted by Crippen LogP contribution is 2.36. The lowest BCUT2D eigenvalue weighted by molar-refractivity contribution is 0.126. The second-order valence-electron chi connectivity index (χ2n) is 7.69. The van der Waals surface area contributed by atoms with Crippen LogP contribution in [0.2, 0.25) is 0 Å². The molecule has 1 fully saturated rings. The van der Waals surface area contributed by atoms with Crippen molar-refractivity contribution >= 4 is 0 Å². The Morgan fingerprint density at radius 3 is 2.18 bits per heavy atom. The number of hydrogen-bond acceptors (Lipinski definition) is 1. The smallest absolute Gasteiger partial charge is 0.0717 e. The monoisotopic (exact) mass is 372 g/mol. The molecule has 0 saturated heterocycles. The van der Waals surface area contributed by atoms with Gasteiger partial charge in [0.2, 0.25) is 0 Å². The van der Waals surface area contributed by atoms with E-state index in [1.165, 1.54) is 47.9 Å². The van der Waals surface area contributed by atoms with Crippen molar-refractivity contribution in [3.05, 3.63) is 71.8 Å². The first-order valence-corrected chi connectivity index (χ1v) is 10.6. The van der Waals surface area contributed by atoms with Gasteiger partial charge in [-0.3, -0.25) is 0 Å². The Morgan fingerprint density at radius 2 is 1.57 bits per heavy atom. The second kappa shape index (κ2) is 10.9. The van der Waals surface area contributed by atoms with Crippen molar-refractivity contribution in [3.63, 3.8) is 0 Å². The molecule has 1 aliphatic rings. The summed E-state index contributed by atoms with van der Waals surface area (Å²) in [6.45, 7) is 5.34.